The third-order valence-corrected chi connectivity index (χ3v) is 6.20. The number of amides is 1. The summed E-state index contributed by atoms with van der Waals surface area (Å²) in [6, 6.07) is 21.2. The van der Waals surface area contributed by atoms with Crippen LogP contribution in [0, 0.1) is 0 Å². The molecule has 4 N–H and O–H groups in total. The van der Waals surface area contributed by atoms with Crippen LogP contribution < -0.4 is 5.32 Å². The summed E-state index contributed by atoms with van der Waals surface area (Å²) in [5.74, 6) is -0.688. The Labute approximate surface area is 219 Å². The number of hydrogen-bond acceptors (Lipinski definition) is 7. The van der Waals surface area contributed by atoms with E-state index in [-0.39, 0.29) is 23.6 Å². The minimum absolute atomic E-state index is 0.0674. The highest BCUT2D eigenvalue weighted by Crippen LogP contribution is 2.31. The van der Waals surface area contributed by atoms with Crippen LogP contribution in [-0.2, 0) is 6.42 Å². The summed E-state index contributed by atoms with van der Waals surface area (Å²) >= 11 is 6.45. The molecule has 0 fully saturated rings. The molecule has 3 aromatic carbocycles. The van der Waals surface area contributed by atoms with Gasteiger partial charge in [-0.2, -0.15) is 0 Å². The highest BCUT2D eigenvalue weighted by atomic mass is 35.5. The van der Waals surface area contributed by atoms with Crippen molar-refractivity contribution in [2.24, 2.45) is 0 Å². The molecule has 37 heavy (non-hydrogen) atoms. The number of phenols is 2. The second kappa shape index (κ2) is 11.7. The van der Waals surface area contributed by atoms with Gasteiger partial charge in [-0.15, -0.1) is 0 Å². The number of halogens is 1. The van der Waals surface area contributed by atoms with Crippen LogP contribution in [0.25, 0.3) is 11.3 Å². The fourth-order valence-corrected chi connectivity index (χ4v) is 4.07. The number of aromatic nitrogens is 2. The number of hydrogen-bond donors (Lipinski definition) is 4. The summed E-state index contributed by atoms with van der Waals surface area (Å²) in [7, 11) is 1.55. The van der Waals surface area contributed by atoms with Crippen molar-refractivity contribution in [1.29, 1.82) is 0 Å². The predicted octanol–water partition coefficient (Wildman–Crippen LogP) is 4.67. The maximum absolute atomic E-state index is 13.4. The minimum atomic E-state index is -1.09. The summed E-state index contributed by atoms with van der Waals surface area (Å²) < 4.78 is 0. The first-order chi connectivity index (χ1) is 17.8. The number of benzene rings is 3. The van der Waals surface area contributed by atoms with Gasteiger partial charge in [0.25, 0.3) is 5.91 Å². The largest absolute Gasteiger partial charge is 0.504 e. The van der Waals surface area contributed by atoms with Crippen molar-refractivity contribution in [3.05, 3.63) is 101 Å². The molecular formula is C28H27ClN4O4. The number of carbonyl (C=O) groups excluding carboxylic acids is 1. The lowest BCUT2D eigenvalue weighted by atomic mass is 10.1. The Morgan fingerprint density at radius 1 is 1.03 bits per heavy atom. The SMILES string of the molecule is CN(CC(O)c1ccc(O)c(O)c1)C(=O)c1cnc(NCCc2ccccc2)nc1-c1ccccc1Cl. The van der Waals surface area contributed by atoms with Gasteiger partial charge in [0, 0.05) is 30.4 Å². The van der Waals surface area contributed by atoms with Gasteiger partial charge in [0.1, 0.15) is 0 Å². The molecule has 1 heterocycles. The Kier molecular flexibility index (Phi) is 8.22. The van der Waals surface area contributed by atoms with Gasteiger partial charge in [-0.25, -0.2) is 9.97 Å². The summed E-state index contributed by atoms with van der Waals surface area (Å²) in [4.78, 5) is 23.7. The van der Waals surface area contributed by atoms with Crippen LogP contribution in [0.3, 0.4) is 0 Å². The fraction of sp³-hybridized carbons (Fsp3) is 0.179. The Hall–Kier alpha value is -4.14. The van der Waals surface area contributed by atoms with Crippen LogP contribution in [-0.4, -0.2) is 56.2 Å². The number of likely N-dealkylation sites (N-methyl/N-ethyl adjacent to an activating group) is 1. The van der Waals surface area contributed by atoms with Crippen molar-refractivity contribution in [3.8, 4) is 22.8 Å². The molecule has 1 unspecified atom stereocenters. The number of nitrogens with zero attached hydrogens (tertiary/aromatic N) is 3. The Balaban J connectivity index is 1.56. The third kappa shape index (κ3) is 6.35. The minimum Gasteiger partial charge on any atom is -0.504 e. The molecule has 1 atom stereocenters. The van der Waals surface area contributed by atoms with Crippen molar-refractivity contribution in [3.63, 3.8) is 0 Å². The second-order valence-electron chi connectivity index (χ2n) is 8.55. The van der Waals surface area contributed by atoms with Gasteiger partial charge >= 0.3 is 0 Å². The van der Waals surface area contributed by atoms with Gasteiger partial charge in [-0.05, 0) is 35.7 Å². The molecule has 0 aliphatic carbocycles. The lowest BCUT2D eigenvalue weighted by Gasteiger charge is -2.22. The van der Waals surface area contributed by atoms with E-state index in [9.17, 15) is 20.1 Å². The van der Waals surface area contributed by atoms with Crippen LogP contribution in [0.15, 0.2) is 79.0 Å². The van der Waals surface area contributed by atoms with Crippen molar-refractivity contribution >= 4 is 23.5 Å². The number of rotatable bonds is 9. The summed E-state index contributed by atoms with van der Waals surface area (Å²) in [5, 5.41) is 33.5. The maximum Gasteiger partial charge on any atom is 0.257 e. The molecule has 0 saturated heterocycles. The molecule has 1 amide bonds. The first kappa shape index (κ1) is 25.9. The Morgan fingerprint density at radius 2 is 1.76 bits per heavy atom. The average molecular weight is 519 g/mol. The lowest BCUT2D eigenvalue weighted by Crippen LogP contribution is -2.32. The normalized spacial score (nSPS) is 11.6. The van der Waals surface area contributed by atoms with E-state index in [4.69, 9.17) is 11.6 Å². The summed E-state index contributed by atoms with van der Waals surface area (Å²) in [6.07, 6.45) is 1.14. The zero-order valence-corrected chi connectivity index (χ0v) is 20.9. The number of aliphatic hydroxyl groups excluding tert-OH is 1. The number of nitrogens with one attached hydrogen (secondary N) is 1. The van der Waals surface area contributed by atoms with Gasteiger partial charge in [0.2, 0.25) is 5.95 Å². The molecule has 0 aliphatic rings. The average Bonchev–Trinajstić information content (AvgIpc) is 2.90. The zero-order chi connectivity index (χ0) is 26.4. The third-order valence-electron chi connectivity index (χ3n) is 5.87. The summed E-state index contributed by atoms with van der Waals surface area (Å²) in [6.45, 7) is 0.535. The van der Waals surface area contributed by atoms with Crippen LogP contribution in [0.5, 0.6) is 11.5 Å². The number of anilines is 1. The second-order valence-corrected chi connectivity index (χ2v) is 8.95. The number of aromatic hydroxyl groups is 2. The number of aliphatic hydroxyl groups is 1. The Bertz CT molecular complexity index is 1380. The summed E-state index contributed by atoms with van der Waals surface area (Å²) in [5.41, 5.74) is 2.71. The molecule has 1 aromatic heterocycles. The molecule has 0 saturated carbocycles. The first-order valence-corrected chi connectivity index (χ1v) is 12.1. The quantitative estimate of drug-likeness (QED) is 0.238. The molecule has 0 radical (unpaired) electrons. The fourth-order valence-electron chi connectivity index (χ4n) is 3.85. The van der Waals surface area contributed by atoms with Gasteiger partial charge in [-0.1, -0.05) is 66.2 Å². The topological polar surface area (TPSA) is 119 Å². The van der Waals surface area contributed by atoms with E-state index in [1.807, 2.05) is 36.4 Å². The van der Waals surface area contributed by atoms with Crippen molar-refractivity contribution in [1.82, 2.24) is 14.9 Å². The molecule has 0 spiro atoms. The maximum atomic E-state index is 13.4. The standard InChI is InChI=1S/C28H27ClN4O4/c1-33(17-25(36)19-11-12-23(34)24(35)15-19)27(37)21-16-31-28(30-14-13-18-7-3-2-4-8-18)32-26(21)20-9-5-6-10-22(20)29/h2-12,15-16,25,34-36H,13-14,17H2,1H3,(H,30,31,32). The lowest BCUT2D eigenvalue weighted by molar-refractivity contribution is 0.0680. The zero-order valence-electron chi connectivity index (χ0n) is 20.2. The molecule has 4 rings (SSSR count). The van der Waals surface area contributed by atoms with E-state index in [0.717, 1.165) is 6.42 Å². The van der Waals surface area contributed by atoms with E-state index in [0.29, 0.717) is 34.3 Å². The van der Waals surface area contributed by atoms with E-state index < -0.39 is 12.0 Å². The predicted molar refractivity (Wildman–Crippen MR) is 143 cm³/mol. The highest BCUT2D eigenvalue weighted by Gasteiger charge is 2.23. The number of carbonyl (C=O) groups is 1. The Morgan fingerprint density at radius 3 is 2.49 bits per heavy atom. The molecule has 0 bridgehead atoms. The smallest absolute Gasteiger partial charge is 0.257 e. The van der Waals surface area contributed by atoms with Gasteiger partial charge < -0.3 is 25.5 Å². The van der Waals surface area contributed by atoms with E-state index in [1.54, 1.807) is 25.2 Å². The van der Waals surface area contributed by atoms with Crippen LogP contribution in [0.4, 0.5) is 5.95 Å². The monoisotopic (exact) mass is 518 g/mol. The molecule has 8 nitrogen and oxygen atoms in total. The first-order valence-electron chi connectivity index (χ1n) is 11.7. The molecule has 0 aliphatic heterocycles. The van der Waals surface area contributed by atoms with Gasteiger partial charge in [0.15, 0.2) is 11.5 Å². The van der Waals surface area contributed by atoms with E-state index >= 15 is 0 Å². The molecule has 9 heteroatoms. The van der Waals surface area contributed by atoms with E-state index in [1.165, 1.54) is 34.9 Å². The van der Waals surface area contributed by atoms with Crippen molar-refractivity contribution < 1.29 is 20.1 Å². The van der Waals surface area contributed by atoms with Gasteiger partial charge in [0.05, 0.1) is 23.9 Å². The van der Waals surface area contributed by atoms with Crippen LogP contribution in [0.1, 0.15) is 27.6 Å². The van der Waals surface area contributed by atoms with Crippen molar-refractivity contribution in [2.45, 2.75) is 12.5 Å². The van der Waals surface area contributed by atoms with E-state index in [2.05, 4.69) is 15.3 Å². The molecular weight excluding hydrogens is 492 g/mol. The molecule has 4 aromatic rings. The highest BCUT2D eigenvalue weighted by molar-refractivity contribution is 6.33. The van der Waals surface area contributed by atoms with Crippen LogP contribution >= 0.6 is 11.6 Å². The number of phenolic OH excluding ortho intramolecular Hbond substituents is 2. The van der Waals surface area contributed by atoms with Crippen LogP contribution in [0.2, 0.25) is 5.02 Å². The van der Waals surface area contributed by atoms with Crippen molar-refractivity contribution in [2.75, 3.05) is 25.5 Å². The molecule has 190 valence electrons. The van der Waals surface area contributed by atoms with Gasteiger partial charge in [-0.3, -0.25) is 4.79 Å².